The maximum Gasteiger partial charge on any atom is -1.00 e. The topological polar surface area (TPSA) is 0 Å². The standard InChI is InChI=1S/C6H7.C2H5.ClH.Y/c1-6-4-2-3-5-6;1-2;;/h2-5H,1H3;1H2,2H3;1H;/q;;;+1/p-1. The average Bonchev–Trinajstić information content (AvgIpc) is 2.16. The first-order chi connectivity index (χ1) is 4.27. The summed E-state index contributed by atoms with van der Waals surface area (Å²) >= 11 is -0.295. The molecule has 0 atom stereocenters. The molecule has 1 aliphatic rings. The second-order valence-corrected chi connectivity index (χ2v) is 8.76. The molecule has 0 amide bonds. The normalized spacial score (nSPS) is 18.2. The first-order valence-electron chi connectivity index (χ1n) is 3.48. The van der Waals surface area contributed by atoms with Crippen LogP contribution in [0.15, 0.2) is 24.3 Å². The van der Waals surface area contributed by atoms with Crippen LogP contribution in [0.4, 0.5) is 0 Å². The van der Waals surface area contributed by atoms with Crippen LogP contribution < -0.4 is 12.4 Å². The van der Waals surface area contributed by atoms with E-state index in [0.717, 1.165) is 0 Å². The van der Waals surface area contributed by atoms with Gasteiger partial charge in [0.25, 0.3) is 0 Å². The van der Waals surface area contributed by atoms with Crippen molar-refractivity contribution in [3.8, 4) is 0 Å². The predicted octanol–water partition coefficient (Wildman–Crippen LogP) is -0.184. The van der Waals surface area contributed by atoms with Crippen LogP contribution in [0.5, 0.6) is 0 Å². The van der Waals surface area contributed by atoms with Crippen LogP contribution in [0.25, 0.3) is 0 Å². The Morgan fingerprint density at radius 1 is 1.30 bits per heavy atom. The molecular weight excluding hydrogens is 220 g/mol. The van der Waals surface area contributed by atoms with Gasteiger partial charge >= 0.3 is 72.8 Å². The molecule has 10 heavy (non-hydrogen) atoms. The van der Waals surface area contributed by atoms with E-state index in [4.69, 9.17) is 0 Å². The zero-order valence-electron chi connectivity index (χ0n) is 6.47. The molecular formula is C8H12ClY. The number of halogens is 1. The van der Waals surface area contributed by atoms with E-state index in [1.54, 1.807) is 0 Å². The molecule has 0 radical (unpaired) electrons. The van der Waals surface area contributed by atoms with Crippen molar-refractivity contribution in [2.75, 3.05) is 0 Å². The van der Waals surface area contributed by atoms with Gasteiger partial charge in [0, 0.05) is 0 Å². The van der Waals surface area contributed by atoms with E-state index in [-0.39, 0.29) is 41.6 Å². The SMILES string of the molecule is C[CH2][Y+][C]1(C)C=CC=C1.[Cl-]. The quantitative estimate of drug-likeness (QED) is 0.620. The summed E-state index contributed by atoms with van der Waals surface area (Å²) in [6, 6.07) is 0. The molecule has 0 saturated carbocycles. The summed E-state index contributed by atoms with van der Waals surface area (Å²) in [7, 11) is 0. The van der Waals surface area contributed by atoms with Crippen LogP contribution in [-0.4, -0.2) is 0 Å². The van der Waals surface area contributed by atoms with Gasteiger partial charge < -0.3 is 12.4 Å². The average molecular weight is 233 g/mol. The number of allylic oxidation sites excluding steroid dienone is 4. The third-order valence-electron chi connectivity index (χ3n) is 1.67. The van der Waals surface area contributed by atoms with Gasteiger partial charge in [0.05, 0.1) is 0 Å². The largest absolute Gasteiger partial charge is 1.00 e. The van der Waals surface area contributed by atoms with Gasteiger partial charge in [-0.3, -0.25) is 0 Å². The summed E-state index contributed by atoms with van der Waals surface area (Å²) in [5.41, 5.74) is 0. The summed E-state index contributed by atoms with van der Waals surface area (Å²) in [5, 5.41) is 0. The smallest absolute Gasteiger partial charge is 1.00 e. The molecule has 0 unspecified atom stereocenters. The van der Waals surface area contributed by atoms with Gasteiger partial charge in [0.2, 0.25) is 0 Å². The van der Waals surface area contributed by atoms with Crippen molar-refractivity contribution in [1.29, 1.82) is 0 Å². The summed E-state index contributed by atoms with van der Waals surface area (Å²) < 4.78 is 2.03. The molecule has 0 heterocycles. The summed E-state index contributed by atoms with van der Waals surface area (Å²) in [4.78, 5) is 0. The van der Waals surface area contributed by atoms with Crippen molar-refractivity contribution in [2.24, 2.45) is 0 Å². The van der Waals surface area contributed by atoms with Crippen LogP contribution in [0.1, 0.15) is 13.8 Å². The van der Waals surface area contributed by atoms with Crippen molar-refractivity contribution < 1.29 is 41.6 Å². The number of rotatable bonds is 2. The maximum atomic E-state index is 2.36. The van der Waals surface area contributed by atoms with Crippen molar-refractivity contribution in [2.45, 2.75) is 19.3 Å². The minimum absolute atomic E-state index is 0. The molecule has 54 valence electrons. The van der Waals surface area contributed by atoms with Gasteiger partial charge in [0.15, 0.2) is 0 Å². The molecule has 1 rings (SSSR count). The van der Waals surface area contributed by atoms with E-state index in [9.17, 15) is 0 Å². The van der Waals surface area contributed by atoms with Crippen LogP contribution >= 0.6 is 0 Å². The molecule has 0 N–H and O–H groups in total. The number of hydrogen-bond acceptors (Lipinski definition) is 0. The van der Waals surface area contributed by atoms with Crippen molar-refractivity contribution >= 4 is 0 Å². The molecule has 0 aromatic heterocycles. The molecule has 0 fully saturated rings. The van der Waals surface area contributed by atoms with Crippen molar-refractivity contribution in [3.63, 3.8) is 0 Å². The van der Waals surface area contributed by atoms with E-state index >= 15 is 0 Å². The fourth-order valence-electron chi connectivity index (χ4n) is 1.16. The van der Waals surface area contributed by atoms with Gasteiger partial charge in [-0.1, -0.05) is 0 Å². The second-order valence-electron chi connectivity index (χ2n) is 2.70. The Morgan fingerprint density at radius 3 is 2.20 bits per heavy atom. The Kier molecular flexibility index (Phi) is 5.10. The minimum Gasteiger partial charge on any atom is -1.00 e. The molecule has 0 spiro atoms. The van der Waals surface area contributed by atoms with E-state index < -0.39 is 0 Å². The zero-order chi connectivity index (χ0) is 6.74. The second kappa shape index (κ2) is 4.69. The van der Waals surface area contributed by atoms with Gasteiger partial charge in [0.1, 0.15) is 0 Å². The van der Waals surface area contributed by atoms with Crippen LogP contribution in [0.3, 0.4) is 0 Å². The van der Waals surface area contributed by atoms with E-state index in [1.165, 1.54) is 3.23 Å². The first kappa shape index (κ1) is 10.9. The minimum atomic E-state index is -0.295. The van der Waals surface area contributed by atoms with Gasteiger partial charge in [-0.2, -0.15) is 0 Å². The number of hydrogen-bond donors (Lipinski definition) is 0. The zero-order valence-corrected chi connectivity index (χ0v) is 10.1. The molecule has 0 saturated heterocycles. The van der Waals surface area contributed by atoms with Crippen molar-refractivity contribution in [3.05, 3.63) is 24.3 Å². The van der Waals surface area contributed by atoms with E-state index in [2.05, 4.69) is 38.2 Å². The molecule has 0 bridgehead atoms. The predicted molar refractivity (Wildman–Crippen MR) is 37.1 cm³/mol. The van der Waals surface area contributed by atoms with Crippen molar-refractivity contribution in [1.82, 2.24) is 0 Å². The van der Waals surface area contributed by atoms with Crippen LogP contribution in [0, 0.1) is 0 Å². The molecule has 0 nitrogen and oxygen atoms in total. The summed E-state index contributed by atoms with van der Waals surface area (Å²) in [6.45, 7) is 4.67. The summed E-state index contributed by atoms with van der Waals surface area (Å²) in [5.74, 6) is 0. The molecule has 0 aromatic rings. The third-order valence-corrected chi connectivity index (χ3v) is 5.78. The molecule has 0 aliphatic heterocycles. The molecule has 0 aromatic carbocycles. The fourth-order valence-corrected chi connectivity index (χ4v) is 4.53. The van der Waals surface area contributed by atoms with Gasteiger partial charge in [-0.25, -0.2) is 0 Å². The maximum absolute atomic E-state index is 2.36. The Labute approximate surface area is 84.6 Å². The first-order valence-corrected chi connectivity index (χ1v) is 6.91. The van der Waals surface area contributed by atoms with Gasteiger partial charge in [-0.05, 0) is 0 Å². The Bertz CT molecular complexity index is 137. The van der Waals surface area contributed by atoms with Crippen LogP contribution in [-0.2, 0) is 29.2 Å². The monoisotopic (exact) mass is 232 g/mol. The molecule has 2 heteroatoms. The molecule has 1 aliphatic carbocycles. The van der Waals surface area contributed by atoms with E-state index in [1.807, 2.05) is 0 Å². The fraction of sp³-hybridized carbons (Fsp3) is 0.500. The summed E-state index contributed by atoms with van der Waals surface area (Å²) in [6.07, 6.45) is 9.08. The Hall–Kier alpha value is 0.874. The van der Waals surface area contributed by atoms with Gasteiger partial charge in [-0.15, -0.1) is 0 Å². The van der Waals surface area contributed by atoms with Crippen LogP contribution in [0.2, 0.25) is 5.46 Å². The Balaban J connectivity index is 0.000000810. The van der Waals surface area contributed by atoms with E-state index in [0.29, 0.717) is 2.23 Å². The Morgan fingerprint density at radius 2 is 1.80 bits per heavy atom. The third kappa shape index (κ3) is 2.86.